The Morgan fingerprint density at radius 1 is 1.00 bits per heavy atom. The first-order valence-electron chi connectivity index (χ1n) is 10.6. The fourth-order valence-electron chi connectivity index (χ4n) is 4.39. The molecule has 0 saturated heterocycles. The van der Waals surface area contributed by atoms with E-state index in [1.807, 2.05) is 60.8 Å². The van der Waals surface area contributed by atoms with Gasteiger partial charge in [0.15, 0.2) is 0 Å². The first-order valence-corrected chi connectivity index (χ1v) is 10.6. The van der Waals surface area contributed by atoms with Gasteiger partial charge in [-0.05, 0) is 73.1 Å². The van der Waals surface area contributed by atoms with E-state index < -0.39 is 0 Å². The zero-order valence-corrected chi connectivity index (χ0v) is 16.6. The standard InChI is InChI=1S/C25H26N2O2/c28-25(19-8-6-18(7-9-19)17-29-24-4-2-1-3-5-24)27(22-12-13-22)23-11-10-20-15-26-16-21(20)14-23/h1-9,16,22-23H,10-15,17H2. The number of nitrogens with zero attached hydrogens (tertiary/aromatic N) is 2. The van der Waals surface area contributed by atoms with E-state index in [-0.39, 0.29) is 5.91 Å². The van der Waals surface area contributed by atoms with Crippen LogP contribution in [0.3, 0.4) is 0 Å². The van der Waals surface area contributed by atoms with Gasteiger partial charge in [0.05, 0.1) is 6.54 Å². The zero-order valence-electron chi connectivity index (χ0n) is 16.6. The van der Waals surface area contributed by atoms with Crippen molar-refractivity contribution in [2.75, 3.05) is 6.54 Å². The number of rotatable bonds is 6. The number of para-hydroxylation sites is 1. The van der Waals surface area contributed by atoms with Crippen LogP contribution in [0, 0.1) is 0 Å². The average Bonchev–Trinajstić information content (AvgIpc) is 3.49. The third kappa shape index (κ3) is 3.98. The van der Waals surface area contributed by atoms with Crippen molar-refractivity contribution in [1.29, 1.82) is 0 Å². The molecule has 5 rings (SSSR count). The first-order chi connectivity index (χ1) is 14.3. The van der Waals surface area contributed by atoms with Crippen LogP contribution in [-0.2, 0) is 6.61 Å². The number of hydrogen-bond donors (Lipinski definition) is 0. The molecule has 0 bridgehead atoms. The van der Waals surface area contributed by atoms with Crippen LogP contribution in [0.5, 0.6) is 5.75 Å². The van der Waals surface area contributed by atoms with Gasteiger partial charge in [0.1, 0.15) is 12.4 Å². The molecule has 1 fully saturated rings. The molecule has 1 unspecified atom stereocenters. The molecular formula is C25H26N2O2. The van der Waals surface area contributed by atoms with Crippen molar-refractivity contribution in [2.24, 2.45) is 4.99 Å². The minimum Gasteiger partial charge on any atom is -0.489 e. The lowest BCUT2D eigenvalue weighted by Gasteiger charge is -2.35. The van der Waals surface area contributed by atoms with E-state index in [2.05, 4.69) is 9.89 Å². The molecule has 2 aromatic rings. The van der Waals surface area contributed by atoms with Crippen LogP contribution in [-0.4, -0.2) is 35.7 Å². The maximum absolute atomic E-state index is 13.4. The highest BCUT2D eigenvalue weighted by Crippen LogP contribution is 2.37. The topological polar surface area (TPSA) is 41.9 Å². The van der Waals surface area contributed by atoms with Gasteiger partial charge in [0.25, 0.3) is 5.91 Å². The Morgan fingerprint density at radius 3 is 2.55 bits per heavy atom. The Balaban J connectivity index is 1.26. The van der Waals surface area contributed by atoms with Crippen molar-refractivity contribution in [3.05, 3.63) is 76.9 Å². The van der Waals surface area contributed by atoms with Gasteiger partial charge in [0.2, 0.25) is 0 Å². The summed E-state index contributed by atoms with van der Waals surface area (Å²) in [6.07, 6.45) is 7.39. The van der Waals surface area contributed by atoms with Crippen LogP contribution in [0.4, 0.5) is 0 Å². The Kier molecular flexibility index (Phi) is 4.92. The van der Waals surface area contributed by atoms with E-state index in [0.29, 0.717) is 18.7 Å². The molecule has 0 radical (unpaired) electrons. The van der Waals surface area contributed by atoms with Gasteiger partial charge in [-0.15, -0.1) is 0 Å². The molecular weight excluding hydrogens is 360 g/mol. The van der Waals surface area contributed by atoms with Crippen molar-refractivity contribution in [1.82, 2.24) is 4.90 Å². The number of benzene rings is 2. The van der Waals surface area contributed by atoms with Crippen LogP contribution >= 0.6 is 0 Å². The summed E-state index contributed by atoms with van der Waals surface area (Å²) in [6.45, 7) is 1.37. The Hall–Kier alpha value is -2.88. The summed E-state index contributed by atoms with van der Waals surface area (Å²) in [5.41, 5.74) is 4.69. The molecule has 1 aliphatic heterocycles. The summed E-state index contributed by atoms with van der Waals surface area (Å²) in [7, 11) is 0. The lowest BCUT2D eigenvalue weighted by Crippen LogP contribution is -2.43. The quantitative estimate of drug-likeness (QED) is 0.715. The van der Waals surface area contributed by atoms with Crippen molar-refractivity contribution in [3.63, 3.8) is 0 Å². The molecule has 2 aromatic carbocycles. The van der Waals surface area contributed by atoms with E-state index in [9.17, 15) is 4.79 Å². The van der Waals surface area contributed by atoms with Crippen LogP contribution in [0.1, 0.15) is 48.0 Å². The third-order valence-corrected chi connectivity index (χ3v) is 6.14. The summed E-state index contributed by atoms with van der Waals surface area (Å²) < 4.78 is 5.81. The van der Waals surface area contributed by atoms with E-state index in [4.69, 9.17) is 4.74 Å². The van der Waals surface area contributed by atoms with E-state index in [0.717, 1.165) is 55.5 Å². The molecule has 2 aliphatic carbocycles. The summed E-state index contributed by atoms with van der Waals surface area (Å²) in [5.74, 6) is 1.03. The summed E-state index contributed by atoms with van der Waals surface area (Å²) in [5, 5.41) is 0. The first kappa shape index (κ1) is 18.2. The largest absolute Gasteiger partial charge is 0.489 e. The van der Waals surface area contributed by atoms with Crippen LogP contribution in [0.25, 0.3) is 0 Å². The van der Waals surface area contributed by atoms with Crippen LogP contribution in [0.2, 0.25) is 0 Å². The highest BCUT2D eigenvalue weighted by atomic mass is 16.5. The Bertz CT molecular complexity index is 943. The molecule has 3 aliphatic rings. The highest BCUT2D eigenvalue weighted by Gasteiger charge is 2.39. The summed E-state index contributed by atoms with van der Waals surface area (Å²) in [6, 6.07) is 18.4. The molecule has 29 heavy (non-hydrogen) atoms. The van der Waals surface area contributed by atoms with E-state index in [1.54, 1.807) is 0 Å². The summed E-state index contributed by atoms with van der Waals surface area (Å²) >= 11 is 0. The maximum Gasteiger partial charge on any atom is 0.254 e. The smallest absolute Gasteiger partial charge is 0.254 e. The molecule has 1 heterocycles. The van der Waals surface area contributed by atoms with Crippen molar-refractivity contribution >= 4 is 12.1 Å². The summed E-state index contributed by atoms with van der Waals surface area (Å²) in [4.78, 5) is 19.9. The van der Waals surface area contributed by atoms with Gasteiger partial charge in [-0.1, -0.05) is 30.3 Å². The minimum absolute atomic E-state index is 0.173. The van der Waals surface area contributed by atoms with Crippen LogP contribution in [0.15, 0.2) is 70.7 Å². The Labute approximate surface area is 171 Å². The fourth-order valence-corrected chi connectivity index (χ4v) is 4.39. The van der Waals surface area contributed by atoms with Crippen molar-refractivity contribution < 1.29 is 9.53 Å². The van der Waals surface area contributed by atoms with Gasteiger partial charge < -0.3 is 9.64 Å². The predicted molar refractivity (Wildman–Crippen MR) is 114 cm³/mol. The molecule has 4 heteroatoms. The SMILES string of the molecule is O=C(c1ccc(COc2ccccc2)cc1)N(C1CC1)C1CCC2=C(C=NC2)C1. The molecule has 4 nitrogen and oxygen atoms in total. The number of aliphatic imine (C=N–C) groups is 1. The zero-order chi connectivity index (χ0) is 19.6. The molecule has 0 N–H and O–H groups in total. The maximum atomic E-state index is 13.4. The normalized spacial score (nSPS) is 20.5. The van der Waals surface area contributed by atoms with Gasteiger partial charge in [-0.2, -0.15) is 0 Å². The fraction of sp³-hybridized carbons (Fsp3) is 0.360. The van der Waals surface area contributed by atoms with Crippen molar-refractivity contribution in [3.8, 4) is 5.75 Å². The highest BCUT2D eigenvalue weighted by molar-refractivity contribution is 5.95. The van der Waals surface area contributed by atoms with Crippen molar-refractivity contribution in [2.45, 2.75) is 50.8 Å². The minimum atomic E-state index is 0.173. The van der Waals surface area contributed by atoms with Gasteiger partial charge in [-0.3, -0.25) is 9.79 Å². The number of carbonyl (C=O) groups excluding carboxylic acids is 1. The molecule has 1 atom stereocenters. The van der Waals surface area contributed by atoms with E-state index >= 15 is 0 Å². The lowest BCUT2D eigenvalue weighted by atomic mass is 9.88. The monoisotopic (exact) mass is 386 g/mol. The van der Waals surface area contributed by atoms with Crippen LogP contribution < -0.4 is 4.74 Å². The number of ether oxygens (including phenoxy) is 1. The third-order valence-electron chi connectivity index (χ3n) is 6.14. The Morgan fingerprint density at radius 2 is 1.79 bits per heavy atom. The van der Waals surface area contributed by atoms with Gasteiger partial charge in [0, 0.05) is 23.9 Å². The second-order valence-electron chi connectivity index (χ2n) is 8.24. The van der Waals surface area contributed by atoms with Gasteiger partial charge >= 0.3 is 0 Å². The number of hydrogen-bond acceptors (Lipinski definition) is 3. The molecule has 1 saturated carbocycles. The van der Waals surface area contributed by atoms with E-state index in [1.165, 1.54) is 11.1 Å². The lowest BCUT2D eigenvalue weighted by molar-refractivity contribution is 0.0645. The predicted octanol–water partition coefficient (Wildman–Crippen LogP) is 4.80. The molecule has 0 spiro atoms. The van der Waals surface area contributed by atoms with Gasteiger partial charge in [-0.25, -0.2) is 0 Å². The molecule has 148 valence electrons. The second-order valence-corrected chi connectivity index (χ2v) is 8.24. The molecule has 1 amide bonds. The number of amides is 1. The average molecular weight is 386 g/mol. The second kappa shape index (κ2) is 7.86. The molecule has 0 aromatic heterocycles. The number of carbonyl (C=O) groups is 1.